The molecule has 1 aromatic rings. The van der Waals surface area contributed by atoms with Crippen molar-refractivity contribution in [3.05, 3.63) is 35.4 Å². The first-order valence-electron chi connectivity index (χ1n) is 5.63. The van der Waals surface area contributed by atoms with Crippen molar-refractivity contribution < 1.29 is 13.2 Å². The molecule has 0 heterocycles. The van der Waals surface area contributed by atoms with E-state index in [0.29, 0.717) is 23.5 Å². The van der Waals surface area contributed by atoms with Crippen LogP contribution < -0.4 is 9.88 Å². The molecular formula is C13H19NO3S. The zero-order valence-electron chi connectivity index (χ0n) is 11.0. The lowest BCUT2D eigenvalue weighted by molar-refractivity contribution is 0.321. The molecule has 4 nitrogen and oxygen atoms in total. The first-order chi connectivity index (χ1) is 8.21. The van der Waals surface area contributed by atoms with Crippen molar-refractivity contribution in [2.45, 2.75) is 32.1 Å². The number of nitrogens with two attached hydrogens (primary N) is 1. The largest absolute Gasteiger partial charge is 0.493 e. The average molecular weight is 269 g/mol. The Balaban J connectivity index is 2.97. The Bertz CT molecular complexity index is 539. The zero-order chi connectivity index (χ0) is 13.9. The highest BCUT2D eigenvalue weighted by Crippen LogP contribution is 2.25. The summed E-state index contributed by atoms with van der Waals surface area (Å²) in [5.41, 5.74) is 2.25. The van der Waals surface area contributed by atoms with Gasteiger partial charge in [0.1, 0.15) is 5.75 Å². The predicted molar refractivity (Wildman–Crippen MR) is 72.2 cm³/mol. The van der Waals surface area contributed by atoms with Crippen LogP contribution in [0.3, 0.4) is 0 Å². The van der Waals surface area contributed by atoms with E-state index in [1.807, 2.05) is 6.92 Å². The third-order valence-corrected chi connectivity index (χ3v) is 3.73. The highest BCUT2D eigenvalue weighted by atomic mass is 32.2. The van der Waals surface area contributed by atoms with E-state index < -0.39 is 10.0 Å². The molecule has 0 atom stereocenters. The molecule has 0 unspecified atom stereocenters. The summed E-state index contributed by atoms with van der Waals surface area (Å²) in [6, 6.07) is 3.37. The molecule has 0 amide bonds. The van der Waals surface area contributed by atoms with E-state index in [-0.39, 0.29) is 4.90 Å². The minimum Gasteiger partial charge on any atom is -0.493 e. The van der Waals surface area contributed by atoms with Crippen LogP contribution in [0.25, 0.3) is 0 Å². The summed E-state index contributed by atoms with van der Waals surface area (Å²) in [6.07, 6.45) is 0.773. The Hall–Kier alpha value is -1.33. The van der Waals surface area contributed by atoms with Crippen LogP contribution in [0.2, 0.25) is 0 Å². The molecule has 0 saturated carbocycles. The Kier molecular flexibility index (Phi) is 4.53. The third kappa shape index (κ3) is 3.85. The van der Waals surface area contributed by atoms with Crippen molar-refractivity contribution >= 4 is 10.0 Å². The minimum absolute atomic E-state index is 0.176. The lowest BCUT2D eigenvalue weighted by atomic mass is 10.1. The maximum Gasteiger partial charge on any atom is 0.238 e. The maximum atomic E-state index is 11.4. The Morgan fingerprint density at radius 3 is 2.22 bits per heavy atom. The lowest BCUT2D eigenvalue weighted by Gasteiger charge is -2.12. The average Bonchev–Trinajstić information content (AvgIpc) is 2.12. The molecule has 1 rings (SSSR count). The molecule has 0 fully saturated rings. The monoisotopic (exact) mass is 269 g/mol. The molecule has 1 aromatic carbocycles. The highest BCUT2D eigenvalue weighted by Gasteiger charge is 2.16. The summed E-state index contributed by atoms with van der Waals surface area (Å²) in [5.74, 6) is 0.652. The fourth-order valence-electron chi connectivity index (χ4n) is 1.79. The molecule has 0 spiro atoms. The number of hydrogen-bond acceptors (Lipinski definition) is 3. The van der Waals surface area contributed by atoms with E-state index in [9.17, 15) is 8.42 Å². The van der Waals surface area contributed by atoms with Gasteiger partial charge in [0.25, 0.3) is 0 Å². The van der Waals surface area contributed by atoms with E-state index in [1.54, 1.807) is 26.0 Å². The molecular weight excluding hydrogens is 250 g/mol. The molecule has 0 bridgehead atoms. The number of hydrogen-bond donors (Lipinski definition) is 1. The normalized spacial score (nSPS) is 11.3. The van der Waals surface area contributed by atoms with Crippen LogP contribution >= 0.6 is 0 Å². The van der Waals surface area contributed by atoms with Crippen LogP contribution in [0.15, 0.2) is 29.2 Å². The molecule has 0 aromatic heterocycles. The van der Waals surface area contributed by atoms with Gasteiger partial charge in [0.05, 0.1) is 11.5 Å². The van der Waals surface area contributed by atoms with Gasteiger partial charge in [-0.1, -0.05) is 5.57 Å². The second-order valence-electron chi connectivity index (χ2n) is 4.49. The molecule has 0 aliphatic rings. The number of sulfonamides is 1. The van der Waals surface area contributed by atoms with Gasteiger partial charge in [-0.2, -0.15) is 0 Å². The summed E-state index contributed by atoms with van der Waals surface area (Å²) in [5, 5.41) is 5.17. The van der Waals surface area contributed by atoms with Crippen molar-refractivity contribution in [3.63, 3.8) is 0 Å². The van der Waals surface area contributed by atoms with Crippen LogP contribution in [-0.4, -0.2) is 15.0 Å². The quantitative estimate of drug-likeness (QED) is 0.834. The second kappa shape index (κ2) is 5.54. The van der Waals surface area contributed by atoms with E-state index in [4.69, 9.17) is 9.88 Å². The SMILES string of the molecule is C=C(C)CCOc1cc(C)c(S(N)(=O)=O)c(C)c1. The number of benzene rings is 1. The summed E-state index contributed by atoms with van der Waals surface area (Å²) in [6.45, 7) is 9.67. The van der Waals surface area contributed by atoms with Gasteiger partial charge in [-0.25, -0.2) is 13.6 Å². The maximum absolute atomic E-state index is 11.4. The van der Waals surface area contributed by atoms with Gasteiger partial charge in [0.2, 0.25) is 10.0 Å². The van der Waals surface area contributed by atoms with Gasteiger partial charge in [-0.3, -0.25) is 0 Å². The van der Waals surface area contributed by atoms with E-state index in [0.717, 1.165) is 12.0 Å². The molecule has 5 heteroatoms. The zero-order valence-corrected chi connectivity index (χ0v) is 11.8. The lowest BCUT2D eigenvalue weighted by Crippen LogP contribution is -2.15. The van der Waals surface area contributed by atoms with Crippen molar-refractivity contribution in [3.8, 4) is 5.75 Å². The molecule has 0 saturated heterocycles. The van der Waals surface area contributed by atoms with Crippen LogP contribution in [0.4, 0.5) is 0 Å². The smallest absolute Gasteiger partial charge is 0.238 e. The first-order valence-corrected chi connectivity index (χ1v) is 7.17. The Labute approximate surface area is 109 Å². The molecule has 0 aliphatic carbocycles. The highest BCUT2D eigenvalue weighted by molar-refractivity contribution is 7.89. The van der Waals surface area contributed by atoms with E-state index >= 15 is 0 Å². The first kappa shape index (κ1) is 14.7. The van der Waals surface area contributed by atoms with Crippen LogP contribution in [0.1, 0.15) is 24.5 Å². The number of rotatable bonds is 5. The summed E-state index contributed by atoms with van der Waals surface area (Å²) >= 11 is 0. The topological polar surface area (TPSA) is 69.4 Å². The molecule has 18 heavy (non-hydrogen) atoms. The van der Waals surface area contributed by atoms with Gasteiger partial charge in [-0.15, -0.1) is 6.58 Å². The van der Waals surface area contributed by atoms with E-state index in [1.165, 1.54) is 0 Å². The number of primary sulfonamides is 1. The fourth-order valence-corrected chi connectivity index (χ4v) is 2.80. The number of aryl methyl sites for hydroxylation is 2. The predicted octanol–water partition coefficient (Wildman–Crippen LogP) is 2.30. The molecule has 2 N–H and O–H groups in total. The van der Waals surface area contributed by atoms with Gasteiger partial charge in [0, 0.05) is 6.42 Å². The van der Waals surface area contributed by atoms with Gasteiger partial charge >= 0.3 is 0 Å². The van der Waals surface area contributed by atoms with Crippen molar-refractivity contribution in [2.24, 2.45) is 5.14 Å². The summed E-state index contributed by atoms with van der Waals surface area (Å²) < 4.78 is 28.4. The molecule has 0 radical (unpaired) electrons. The van der Waals surface area contributed by atoms with Gasteiger partial charge in [-0.05, 0) is 44.0 Å². The van der Waals surface area contributed by atoms with Crippen molar-refractivity contribution in [1.29, 1.82) is 0 Å². The van der Waals surface area contributed by atoms with Crippen molar-refractivity contribution in [2.75, 3.05) is 6.61 Å². The van der Waals surface area contributed by atoms with Crippen LogP contribution in [0.5, 0.6) is 5.75 Å². The van der Waals surface area contributed by atoms with Crippen LogP contribution in [-0.2, 0) is 10.0 Å². The van der Waals surface area contributed by atoms with Gasteiger partial charge < -0.3 is 4.74 Å². The second-order valence-corrected chi connectivity index (χ2v) is 5.99. The minimum atomic E-state index is -3.68. The molecule has 100 valence electrons. The van der Waals surface area contributed by atoms with Crippen molar-refractivity contribution in [1.82, 2.24) is 0 Å². The summed E-state index contributed by atoms with van der Waals surface area (Å²) in [7, 11) is -3.68. The molecule has 0 aliphatic heterocycles. The number of ether oxygens (including phenoxy) is 1. The third-order valence-electron chi connectivity index (χ3n) is 2.52. The fraction of sp³-hybridized carbons (Fsp3) is 0.385. The van der Waals surface area contributed by atoms with Gasteiger partial charge in [0.15, 0.2) is 0 Å². The Morgan fingerprint density at radius 2 is 1.83 bits per heavy atom. The van der Waals surface area contributed by atoms with Crippen LogP contribution in [0, 0.1) is 13.8 Å². The van der Waals surface area contributed by atoms with E-state index in [2.05, 4.69) is 6.58 Å². The Morgan fingerprint density at radius 1 is 1.33 bits per heavy atom. The standard InChI is InChI=1S/C13H19NO3S/c1-9(2)5-6-17-12-7-10(3)13(11(4)8-12)18(14,15)16/h7-8H,1,5-6H2,2-4H3,(H2,14,15,16). The summed E-state index contributed by atoms with van der Waals surface area (Å²) in [4.78, 5) is 0.176.